The van der Waals surface area contributed by atoms with Gasteiger partial charge in [-0.05, 0) is 42.3 Å². The van der Waals surface area contributed by atoms with E-state index < -0.39 is 5.97 Å². The van der Waals surface area contributed by atoms with Gasteiger partial charge in [0.1, 0.15) is 11.4 Å². The molecule has 0 radical (unpaired) electrons. The number of ether oxygens (including phenoxy) is 1. The first-order chi connectivity index (χ1) is 12.0. The van der Waals surface area contributed by atoms with Crippen molar-refractivity contribution in [3.05, 3.63) is 70.9 Å². The predicted octanol–water partition coefficient (Wildman–Crippen LogP) is 4.87. The monoisotopic (exact) mass is 353 g/mol. The lowest BCUT2D eigenvalue weighted by atomic mass is 9.95. The molecule has 0 bridgehead atoms. The Balaban J connectivity index is 2.26. The summed E-state index contributed by atoms with van der Waals surface area (Å²) in [4.78, 5) is 16.4. The zero-order valence-electron chi connectivity index (χ0n) is 13.8. The number of esters is 1. The van der Waals surface area contributed by atoms with E-state index in [1.54, 1.807) is 18.2 Å². The molecule has 4 nitrogen and oxygen atoms in total. The van der Waals surface area contributed by atoms with Gasteiger partial charge < -0.3 is 9.84 Å². The zero-order valence-corrected chi connectivity index (χ0v) is 14.5. The van der Waals surface area contributed by atoms with Gasteiger partial charge in [-0.3, -0.25) is 0 Å². The number of benzene rings is 2. The van der Waals surface area contributed by atoms with Gasteiger partial charge in [0, 0.05) is 11.1 Å². The molecule has 0 saturated carbocycles. The van der Waals surface area contributed by atoms with Crippen LogP contribution in [-0.2, 0) is 4.74 Å². The molecule has 0 aliphatic rings. The molecule has 0 spiro atoms. The summed E-state index contributed by atoms with van der Waals surface area (Å²) in [5.41, 5.74) is 4.36. The highest BCUT2D eigenvalue weighted by molar-refractivity contribution is 6.32. The van der Waals surface area contributed by atoms with Gasteiger partial charge in [-0.2, -0.15) is 0 Å². The number of hydrogen-bond donors (Lipinski definition) is 1. The maximum atomic E-state index is 11.9. The molecule has 25 heavy (non-hydrogen) atoms. The molecular formula is C20H16ClNO3. The maximum Gasteiger partial charge on any atom is 0.356 e. The van der Waals surface area contributed by atoms with E-state index in [-0.39, 0.29) is 16.5 Å². The van der Waals surface area contributed by atoms with Crippen LogP contribution >= 0.6 is 11.6 Å². The van der Waals surface area contributed by atoms with Gasteiger partial charge in [0.05, 0.1) is 17.8 Å². The van der Waals surface area contributed by atoms with E-state index in [9.17, 15) is 9.90 Å². The minimum absolute atomic E-state index is 0.0415. The Kier molecular flexibility index (Phi) is 4.72. The second-order valence-corrected chi connectivity index (χ2v) is 5.97. The molecule has 0 saturated heterocycles. The average Bonchev–Trinajstić information content (AvgIpc) is 2.63. The van der Waals surface area contributed by atoms with Crippen LogP contribution in [0.3, 0.4) is 0 Å². The molecule has 3 aromatic rings. The van der Waals surface area contributed by atoms with Gasteiger partial charge in [-0.25, -0.2) is 9.78 Å². The number of halogens is 1. The van der Waals surface area contributed by atoms with E-state index in [4.69, 9.17) is 16.3 Å². The minimum atomic E-state index is -0.518. The summed E-state index contributed by atoms with van der Waals surface area (Å²) in [5, 5.41) is 10.2. The van der Waals surface area contributed by atoms with Crippen molar-refractivity contribution in [2.75, 3.05) is 7.11 Å². The molecular weight excluding hydrogens is 338 g/mol. The molecule has 0 atom stereocenters. The molecule has 0 aliphatic carbocycles. The van der Waals surface area contributed by atoms with Crippen molar-refractivity contribution in [2.24, 2.45) is 0 Å². The van der Waals surface area contributed by atoms with Crippen LogP contribution in [0.4, 0.5) is 0 Å². The number of nitrogens with zero attached hydrogens (tertiary/aromatic N) is 1. The second-order valence-electron chi connectivity index (χ2n) is 5.57. The van der Waals surface area contributed by atoms with Crippen LogP contribution in [-0.4, -0.2) is 23.2 Å². The fraction of sp³-hybridized carbons (Fsp3) is 0.100. The molecule has 0 unspecified atom stereocenters. The molecule has 0 fully saturated rings. The lowest BCUT2D eigenvalue weighted by Gasteiger charge is -2.13. The molecule has 3 rings (SSSR count). The van der Waals surface area contributed by atoms with E-state index in [1.165, 1.54) is 13.2 Å². The van der Waals surface area contributed by atoms with Crippen LogP contribution in [0.15, 0.2) is 54.6 Å². The zero-order chi connectivity index (χ0) is 18.0. The van der Waals surface area contributed by atoms with Crippen molar-refractivity contribution in [1.29, 1.82) is 0 Å². The van der Waals surface area contributed by atoms with E-state index in [0.29, 0.717) is 11.3 Å². The van der Waals surface area contributed by atoms with Crippen LogP contribution < -0.4 is 0 Å². The summed E-state index contributed by atoms with van der Waals surface area (Å²) < 4.78 is 4.77. The number of aryl methyl sites for hydroxylation is 1. The van der Waals surface area contributed by atoms with E-state index in [0.717, 1.165) is 16.7 Å². The first-order valence-corrected chi connectivity index (χ1v) is 8.03. The lowest BCUT2D eigenvalue weighted by Crippen LogP contribution is -2.05. The first-order valence-electron chi connectivity index (χ1n) is 7.65. The van der Waals surface area contributed by atoms with Gasteiger partial charge in [0.15, 0.2) is 0 Å². The Bertz CT molecular complexity index is 953. The topological polar surface area (TPSA) is 59.4 Å². The van der Waals surface area contributed by atoms with Gasteiger partial charge in [0.25, 0.3) is 0 Å². The average molecular weight is 354 g/mol. The van der Waals surface area contributed by atoms with Crippen LogP contribution in [0.2, 0.25) is 5.02 Å². The molecule has 126 valence electrons. The standard InChI is InChI=1S/C20H16ClNO3/c1-12-5-3-4-6-14(12)15-8-10-17(20(24)25-2)22-19(15)13-7-9-16(21)18(23)11-13/h3-11,23H,1-2H3. The number of phenols is 1. The number of aromatic nitrogens is 1. The first kappa shape index (κ1) is 17.0. The summed E-state index contributed by atoms with van der Waals surface area (Å²) in [6, 6.07) is 16.3. The molecule has 1 N–H and O–H groups in total. The summed E-state index contributed by atoms with van der Waals surface area (Å²) in [7, 11) is 1.31. The Morgan fingerprint density at radius 3 is 2.52 bits per heavy atom. The van der Waals surface area contributed by atoms with Gasteiger partial charge >= 0.3 is 5.97 Å². The van der Waals surface area contributed by atoms with Crippen LogP contribution in [0.5, 0.6) is 5.75 Å². The number of carbonyl (C=O) groups excluding carboxylic acids is 1. The smallest absolute Gasteiger partial charge is 0.356 e. The maximum absolute atomic E-state index is 11.9. The quantitative estimate of drug-likeness (QED) is 0.682. The van der Waals surface area contributed by atoms with Crippen LogP contribution in [0.1, 0.15) is 16.1 Å². The van der Waals surface area contributed by atoms with E-state index in [2.05, 4.69) is 4.98 Å². The Morgan fingerprint density at radius 1 is 1.08 bits per heavy atom. The summed E-state index contributed by atoms with van der Waals surface area (Å²) >= 11 is 5.91. The third-order valence-corrected chi connectivity index (χ3v) is 4.26. The van der Waals surface area contributed by atoms with Crippen molar-refractivity contribution >= 4 is 17.6 Å². The molecule has 5 heteroatoms. The SMILES string of the molecule is COC(=O)c1ccc(-c2ccccc2C)c(-c2ccc(Cl)c(O)c2)n1. The number of phenolic OH excluding ortho intramolecular Hbond substituents is 1. The van der Waals surface area contributed by atoms with Crippen molar-refractivity contribution in [1.82, 2.24) is 4.98 Å². The number of methoxy groups -OCH3 is 1. The van der Waals surface area contributed by atoms with Gasteiger partial charge in [0.2, 0.25) is 0 Å². The number of aromatic hydroxyl groups is 1. The third-order valence-electron chi connectivity index (χ3n) is 3.94. The third kappa shape index (κ3) is 3.35. The largest absolute Gasteiger partial charge is 0.506 e. The normalized spacial score (nSPS) is 10.5. The predicted molar refractivity (Wildman–Crippen MR) is 97.9 cm³/mol. The molecule has 2 aromatic carbocycles. The van der Waals surface area contributed by atoms with Crippen molar-refractivity contribution in [3.8, 4) is 28.1 Å². The van der Waals surface area contributed by atoms with Crippen molar-refractivity contribution in [2.45, 2.75) is 6.92 Å². The number of rotatable bonds is 3. The Morgan fingerprint density at radius 2 is 1.84 bits per heavy atom. The number of hydrogen-bond acceptors (Lipinski definition) is 4. The van der Waals surface area contributed by atoms with Crippen LogP contribution in [0.25, 0.3) is 22.4 Å². The molecule has 0 aliphatic heterocycles. The highest BCUT2D eigenvalue weighted by atomic mass is 35.5. The van der Waals surface area contributed by atoms with Gasteiger partial charge in [-0.1, -0.05) is 41.9 Å². The van der Waals surface area contributed by atoms with Gasteiger partial charge in [-0.15, -0.1) is 0 Å². The van der Waals surface area contributed by atoms with E-state index >= 15 is 0 Å². The van der Waals surface area contributed by atoms with Crippen molar-refractivity contribution in [3.63, 3.8) is 0 Å². The molecule has 1 heterocycles. The van der Waals surface area contributed by atoms with Crippen LogP contribution in [0, 0.1) is 6.92 Å². The number of pyridine rings is 1. The van der Waals surface area contributed by atoms with E-state index in [1.807, 2.05) is 37.3 Å². The molecule has 0 amide bonds. The Labute approximate surface area is 150 Å². The fourth-order valence-corrected chi connectivity index (χ4v) is 2.77. The number of carbonyl (C=O) groups is 1. The molecule has 1 aromatic heterocycles. The summed E-state index contributed by atoms with van der Waals surface area (Å²) in [5.74, 6) is -0.559. The highest BCUT2D eigenvalue weighted by Gasteiger charge is 2.16. The highest BCUT2D eigenvalue weighted by Crippen LogP contribution is 2.35. The second kappa shape index (κ2) is 6.95. The van der Waals surface area contributed by atoms with Crippen molar-refractivity contribution < 1.29 is 14.6 Å². The fourth-order valence-electron chi connectivity index (χ4n) is 2.65. The Hall–Kier alpha value is -2.85. The lowest BCUT2D eigenvalue weighted by molar-refractivity contribution is 0.0594. The summed E-state index contributed by atoms with van der Waals surface area (Å²) in [6.45, 7) is 2.01. The minimum Gasteiger partial charge on any atom is -0.506 e. The summed E-state index contributed by atoms with van der Waals surface area (Å²) in [6.07, 6.45) is 0.